The van der Waals surface area contributed by atoms with Gasteiger partial charge in [-0.05, 0) is 44.4 Å². The molecule has 0 spiro atoms. The van der Waals surface area contributed by atoms with Gasteiger partial charge in [0.1, 0.15) is 0 Å². The van der Waals surface area contributed by atoms with Crippen molar-refractivity contribution in [3.63, 3.8) is 0 Å². The second-order valence-corrected chi connectivity index (χ2v) is 7.97. The summed E-state index contributed by atoms with van der Waals surface area (Å²) in [5, 5.41) is 12.8. The molecule has 0 unspecified atom stereocenters. The highest BCUT2D eigenvalue weighted by Gasteiger charge is 2.24. The molecule has 1 saturated heterocycles. The van der Waals surface area contributed by atoms with Crippen molar-refractivity contribution in [3.8, 4) is 6.01 Å². The number of hydrogen-bond donors (Lipinski definition) is 2. The van der Waals surface area contributed by atoms with Crippen LogP contribution in [0.4, 0.5) is 17.1 Å². The van der Waals surface area contributed by atoms with Gasteiger partial charge in [-0.3, -0.25) is 4.79 Å². The number of rotatable bonds is 12. The molecule has 1 aromatic heterocycles. The molecule has 9 heteroatoms. The molecular formula is C24H34N4O5. The average Bonchev–Trinajstić information content (AvgIpc) is 2.82. The highest BCUT2D eigenvalue weighted by molar-refractivity contribution is 5.77. The van der Waals surface area contributed by atoms with Crippen molar-refractivity contribution < 1.29 is 24.1 Å². The molecule has 1 aliphatic rings. The van der Waals surface area contributed by atoms with Gasteiger partial charge >= 0.3 is 12.0 Å². The lowest BCUT2D eigenvalue weighted by molar-refractivity contribution is -0.137. The number of nitrogens with zero attached hydrogens (tertiary/aromatic N) is 3. The third kappa shape index (κ3) is 6.79. The Kier molecular flexibility index (Phi) is 9.26. The number of benzene rings is 1. The summed E-state index contributed by atoms with van der Waals surface area (Å²) in [4.78, 5) is 22.3. The van der Waals surface area contributed by atoms with Crippen molar-refractivity contribution in [1.82, 2.24) is 9.97 Å². The lowest BCUT2D eigenvalue weighted by atomic mass is 9.95. The van der Waals surface area contributed by atoms with Crippen LogP contribution in [-0.4, -0.2) is 67.2 Å². The normalized spacial score (nSPS) is 15.1. The van der Waals surface area contributed by atoms with Gasteiger partial charge in [0, 0.05) is 38.8 Å². The number of carboxylic acids is 1. The van der Waals surface area contributed by atoms with Crippen molar-refractivity contribution in [2.75, 3.05) is 50.3 Å². The number of nitrogens with one attached hydrogen (secondary N) is 1. The Balaban J connectivity index is 1.97. The van der Waals surface area contributed by atoms with Crippen LogP contribution in [-0.2, 0) is 14.3 Å². The van der Waals surface area contributed by atoms with E-state index in [9.17, 15) is 9.90 Å². The summed E-state index contributed by atoms with van der Waals surface area (Å²) >= 11 is 0. The average molecular weight is 459 g/mol. The van der Waals surface area contributed by atoms with E-state index in [1.807, 2.05) is 19.1 Å². The Morgan fingerprint density at radius 2 is 2.00 bits per heavy atom. The molecule has 2 N–H and O–H groups in total. The van der Waals surface area contributed by atoms with Crippen LogP contribution in [0.15, 0.2) is 30.6 Å². The summed E-state index contributed by atoms with van der Waals surface area (Å²) in [6.07, 6.45) is 5.29. The van der Waals surface area contributed by atoms with E-state index in [-0.39, 0.29) is 12.3 Å². The van der Waals surface area contributed by atoms with Crippen LogP contribution in [0.1, 0.15) is 44.6 Å². The minimum atomic E-state index is -0.854. The zero-order valence-electron chi connectivity index (χ0n) is 19.6. The molecule has 0 aliphatic carbocycles. The van der Waals surface area contributed by atoms with Gasteiger partial charge < -0.3 is 29.5 Å². The molecular weight excluding hydrogens is 424 g/mol. The van der Waals surface area contributed by atoms with Crippen molar-refractivity contribution in [2.45, 2.75) is 45.1 Å². The molecule has 2 aromatic rings. The number of carboxylic acid groups (broad SMARTS) is 1. The molecule has 0 amide bonds. The lowest BCUT2D eigenvalue weighted by Crippen LogP contribution is -2.39. The zero-order valence-corrected chi connectivity index (χ0v) is 19.6. The third-order valence-corrected chi connectivity index (χ3v) is 5.74. The van der Waals surface area contributed by atoms with Crippen LogP contribution < -0.4 is 15.0 Å². The monoisotopic (exact) mass is 458 g/mol. The maximum Gasteiger partial charge on any atom is 0.316 e. The first-order valence-corrected chi connectivity index (χ1v) is 11.5. The number of methoxy groups -OCH3 is 1. The minimum absolute atomic E-state index is 0.00372. The van der Waals surface area contributed by atoms with E-state index in [1.165, 1.54) is 0 Å². The number of carbonyl (C=O) groups is 1. The van der Waals surface area contributed by atoms with E-state index in [4.69, 9.17) is 14.2 Å². The van der Waals surface area contributed by atoms with Crippen molar-refractivity contribution in [3.05, 3.63) is 36.2 Å². The maximum atomic E-state index is 11.4. The number of aromatic nitrogens is 2. The van der Waals surface area contributed by atoms with Crippen LogP contribution in [0.25, 0.3) is 0 Å². The van der Waals surface area contributed by atoms with Gasteiger partial charge in [-0.15, -0.1) is 0 Å². The summed E-state index contributed by atoms with van der Waals surface area (Å²) in [5.41, 5.74) is 3.55. The highest BCUT2D eigenvalue weighted by Crippen LogP contribution is 2.35. The maximum absolute atomic E-state index is 11.4. The van der Waals surface area contributed by atoms with E-state index >= 15 is 0 Å². The van der Waals surface area contributed by atoms with E-state index in [1.54, 1.807) is 19.5 Å². The summed E-state index contributed by atoms with van der Waals surface area (Å²) in [6, 6.07) is 6.79. The van der Waals surface area contributed by atoms with E-state index in [0.717, 1.165) is 55.2 Å². The molecule has 3 rings (SSSR count). The summed E-state index contributed by atoms with van der Waals surface area (Å²) in [7, 11) is 1.59. The molecule has 1 aliphatic heterocycles. The second kappa shape index (κ2) is 12.4. The topological polar surface area (TPSA) is 106 Å². The molecule has 1 atom stereocenters. The quantitative estimate of drug-likeness (QED) is 0.491. The standard InChI is InChI=1S/C24H34N4O5/c1-4-28(20-8-10-32-11-9-20)22-7-6-17(18(16-31-3)13-23(29)30)12-21(22)27-19-14-25-24(26-15-19)33-5-2/h6-7,12,14-15,18,20,27H,4-5,8-11,13,16H2,1-3H3,(H,29,30)/t18-/m1/s1. The Morgan fingerprint density at radius 3 is 2.61 bits per heavy atom. The lowest BCUT2D eigenvalue weighted by Gasteiger charge is -2.36. The van der Waals surface area contributed by atoms with E-state index < -0.39 is 5.97 Å². The molecule has 9 nitrogen and oxygen atoms in total. The van der Waals surface area contributed by atoms with Crippen LogP contribution in [0.2, 0.25) is 0 Å². The van der Waals surface area contributed by atoms with Crippen LogP contribution >= 0.6 is 0 Å². The Morgan fingerprint density at radius 1 is 1.27 bits per heavy atom. The molecule has 2 heterocycles. The third-order valence-electron chi connectivity index (χ3n) is 5.74. The van der Waals surface area contributed by atoms with Gasteiger partial charge in [0.25, 0.3) is 0 Å². The SMILES string of the molecule is CCOc1ncc(Nc2cc([C@@H](COC)CC(=O)O)ccc2N(CC)C2CCOCC2)cn1. The van der Waals surface area contributed by atoms with Gasteiger partial charge in [-0.1, -0.05) is 6.07 Å². The molecule has 0 saturated carbocycles. The number of ether oxygens (including phenoxy) is 3. The second-order valence-electron chi connectivity index (χ2n) is 7.97. The minimum Gasteiger partial charge on any atom is -0.481 e. The number of hydrogen-bond acceptors (Lipinski definition) is 8. The Labute approximate surface area is 195 Å². The first-order chi connectivity index (χ1) is 16.0. The fourth-order valence-electron chi connectivity index (χ4n) is 4.21. The first-order valence-electron chi connectivity index (χ1n) is 11.5. The molecule has 0 radical (unpaired) electrons. The largest absolute Gasteiger partial charge is 0.481 e. The predicted molar refractivity (Wildman–Crippen MR) is 127 cm³/mol. The summed E-state index contributed by atoms with van der Waals surface area (Å²) < 4.78 is 16.2. The fraction of sp³-hybridized carbons (Fsp3) is 0.542. The van der Waals surface area contributed by atoms with Gasteiger partial charge in [-0.2, -0.15) is 0 Å². The summed E-state index contributed by atoms with van der Waals surface area (Å²) in [5.74, 6) is -1.11. The molecule has 1 fully saturated rings. The van der Waals surface area contributed by atoms with E-state index in [0.29, 0.717) is 25.3 Å². The molecule has 180 valence electrons. The fourth-order valence-corrected chi connectivity index (χ4v) is 4.21. The van der Waals surface area contributed by atoms with Gasteiger partial charge in [0.15, 0.2) is 0 Å². The van der Waals surface area contributed by atoms with Gasteiger partial charge in [-0.25, -0.2) is 9.97 Å². The van der Waals surface area contributed by atoms with Gasteiger partial charge in [0.2, 0.25) is 0 Å². The van der Waals surface area contributed by atoms with Crippen molar-refractivity contribution in [2.24, 2.45) is 0 Å². The Hall–Kier alpha value is -2.91. The number of anilines is 3. The molecule has 0 bridgehead atoms. The van der Waals surface area contributed by atoms with Gasteiger partial charge in [0.05, 0.1) is 49.1 Å². The van der Waals surface area contributed by atoms with Crippen molar-refractivity contribution >= 4 is 23.0 Å². The highest BCUT2D eigenvalue weighted by atomic mass is 16.5. The van der Waals surface area contributed by atoms with Crippen LogP contribution in [0, 0.1) is 0 Å². The number of aliphatic carboxylic acids is 1. The van der Waals surface area contributed by atoms with Crippen molar-refractivity contribution in [1.29, 1.82) is 0 Å². The molecule has 33 heavy (non-hydrogen) atoms. The molecule has 1 aromatic carbocycles. The smallest absolute Gasteiger partial charge is 0.316 e. The predicted octanol–water partition coefficient (Wildman–Crippen LogP) is 3.83. The van der Waals surface area contributed by atoms with E-state index in [2.05, 4.69) is 33.2 Å². The zero-order chi connectivity index (χ0) is 23.6. The first kappa shape index (κ1) is 24.7. The van der Waals surface area contributed by atoms with Crippen LogP contribution in [0.5, 0.6) is 6.01 Å². The van der Waals surface area contributed by atoms with Crippen LogP contribution in [0.3, 0.4) is 0 Å². The summed E-state index contributed by atoms with van der Waals surface area (Å²) in [6.45, 7) is 7.21. The Bertz CT molecular complexity index is 887.